The van der Waals surface area contributed by atoms with E-state index in [2.05, 4.69) is 15.0 Å². The van der Waals surface area contributed by atoms with Crippen LogP contribution >= 0.6 is 0 Å². The van der Waals surface area contributed by atoms with E-state index in [1.54, 1.807) is 6.92 Å². The summed E-state index contributed by atoms with van der Waals surface area (Å²) in [7, 11) is 0. The van der Waals surface area contributed by atoms with Crippen molar-refractivity contribution in [3.8, 4) is 0 Å². The topological polar surface area (TPSA) is 146 Å². The molecule has 2 aromatic heterocycles. The van der Waals surface area contributed by atoms with Gasteiger partial charge in [-0.05, 0) is 6.92 Å². The zero-order valence-electron chi connectivity index (χ0n) is 12.4. The summed E-state index contributed by atoms with van der Waals surface area (Å²) < 4.78 is 11.9. The zero-order valence-corrected chi connectivity index (χ0v) is 12.4. The van der Waals surface area contributed by atoms with Crippen molar-refractivity contribution >= 4 is 23.0 Å². The Balaban J connectivity index is 1.87. The lowest BCUT2D eigenvalue weighted by Crippen LogP contribution is -2.50. The van der Waals surface area contributed by atoms with Crippen LogP contribution in [0.1, 0.15) is 13.2 Å². The summed E-state index contributed by atoms with van der Waals surface area (Å²) in [6.45, 7) is 1.75. The lowest BCUT2D eigenvalue weighted by atomic mass is 9.95. The maximum absolute atomic E-state index is 11.8. The monoisotopic (exact) mass is 323 g/mol. The van der Waals surface area contributed by atoms with Gasteiger partial charge in [-0.15, -0.1) is 0 Å². The highest BCUT2D eigenvalue weighted by molar-refractivity contribution is 5.81. The van der Waals surface area contributed by atoms with E-state index in [1.165, 1.54) is 17.2 Å². The van der Waals surface area contributed by atoms with Crippen molar-refractivity contribution in [1.82, 2.24) is 19.5 Å². The Labute approximate surface area is 130 Å². The molecule has 4 atom stereocenters. The molecule has 124 valence electrons. The first-order valence-electron chi connectivity index (χ1n) is 7.12. The molecule has 1 fully saturated rings. The molecular formula is C13H17N5O5. The highest BCUT2D eigenvalue weighted by Crippen LogP contribution is 2.30. The minimum absolute atomic E-state index is 0.0953. The van der Waals surface area contributed by atoms with E-state index in [-0.39, 0.29) is 19.0 Å². The molecule has 3 rings (SSSR count). The average molecular weight is 323 g/mol. The van der Waals surface area contributed by atoms with Gasteiger partial charge in [-0.3, -0.25) is 9.36 Å². The van der Waals surface area contributed by atoms with Gasteiger partial charge in [-0.1, -0.05) is 0 Å². The second kappa shape index (κ2) is 6.07. The lowest BCUT2D eigenvalue weighted by molar-refractivity contribution is -0.204. The number of esters is 1. The third-order valence-electron chi connectivity index (χ3n) is 3.75. The molecular weight excluding hydrogens is 306 g/mol. The summed E-state index contributed by atoms with van der Waals surface area (Å²) in [4.78, 5) is 23.8. The molecule has 10 nitrogen and oxygen atoms in total. The van der Waals surface area contributed by atoms with Crippen LogP contribution in [0.15, 0.2) is 12.7 Å². The summed E-state index contributed by atoms with van der Waals surface area (Å²) in [5.74, 6) is -1.36. The van der Waals surface area contributed by atoms with Crippen LogP contribution in [0.5, 0.6) is 0 Å². The summed E-state index contributed by atoms with van der Waals surface area (Å²) in [6, 6.07) is 0. The van der Waals surface area contributed by atoms with E-state index in [0.29, 0.717) is 11.2 Å². The third-order valence-corrected chi connectivity index (χ3v) is 3.75. The fourth-order valence-electron chi connectivity index (χ4n) is 2.56. The third kappa shape index (κ3) is 2.60. The fraction of sp³-hybridized carbons (Fsp3) is 0.538. The van der Waals surface area contributed by atoms with Crippen LogP contribution in [-0.2, 0) is 14.3 Å². The SMILES string of the molecule is CCOC(=O)[C@@H]1COC(n2cnc3c(N)ncnc32)C(O)C1O. The van der Waals surface area contributed by atoms with Gasteiger partial charge in [0, 0.05) is 0 Å². The number of hydrogen-bond acceptors (Lipinski definition) is 9. The molecule has 1 saturated heterocycles. The minimum Gasteiger partial charge on any atom is -0.466 e. The second-order valence-corrected chi connectivity index (χ2v) is 5.15. The Hall–Kier alpha value is -2.30. The van der Waals surface area contributed by atoms with Crippen LogP contribution in [0.4, 0.5) is 5.82 Å². The van der Waals surface area contributed by atoms with E-state index >= 15 is 0 Å². The van der Waals surface area contributed by atoms with Gasteiger partial charge in [-0.2, -0.15) is 0 Å². The van der Waals surface area contributed by atoms with Crippen LogP contribution in [-0.4, -0.2) is 61.1 Å². The van der Waals surface area contributed by atoms with Crippen molar-refractivity contribution in [2.45, 2.75) is 25.4 Å². The van der Waals surface area contributed by atoms with Crippen LogP contribution in [0.2, 0.25) is 0 Å². The van der Waals surface area contributed by atoms with Crippen LogP contribution in [0.25, 0.3) is 11.2 Å². The molecule has 23 heavy (non-hydrogen) atoms. The lowest BCUT2D eigenvalue weighted by Gasteiger charge is -2.36. The van der Waals surface area contributed by atoms with Gasteiger partial charge in [0.25, 0.3) is 0 Å². The molecule has 0 amide bonds. The molecule has 1 aliphatic heterocycles. The van der Waals surface area contributed by atoms with Crippen LogP contribution in [0.3, 0.4) is 0 Å². The molecule has 3 heterocycles. The molecule has 10 heteroatoms. The Morgan fingerprint density at radius 2 is 2.22 bits per heavy atom. The highest BCUT2D eigenvalue weighted by atomic mass is 16.5. The number of rotatable bonds is 3. The van der Waals surface area contributed by atoms with E-state index in [0.717, 1.165) is 0 Å². The summed E-state index contributed by atoms with van der Waals surface area (Å²) in [5, 5.41) is 20.5. The molecule has 4 N–H and O–H groups in total. The quantitative estimate of drug-likeness (QED) is 0.595. The van der Waals surface area contributed by atoms with Gasteiger partial charge in [0.1, 0.15) is 23.9 Å². The smallest absolute Gasteiger partial charge is 0.314 e. The minimum atomic E-state index is -1.35. The Bertz CT molecular complexity index is 720. The number of carbonyl (C=O) groups is 1. The average Bonchev–Trinajstić information content (AvgIpc) is 2.95. The fourth-order valence-corrected chi connectivity index (χ4v) is 2.56. The molecule has 0 saturated carbocycles. The van der Waals surface area contributed by atoms with Crippen LogP contribution in [0, 0.1) is 5.92 Å². The van der Waals surface area contributed by atoms with Gasteiger partial charge in [0.2, 0.25) is 0 Å². The number of nitrogens with zero attached hydrogens (tertiary/aromatic N) is 4. The van der Waals surface area contributed by atoms with Gasteiger partial charge in [0.15, 0.2) is 17.7 Å². The highest BCUT2D eigenvalue weighted by Gasteiger charge is 2.44. The maximum atomic E-state index is 11.8. The van der Waals surface area contributed by atoms with Gasteiger partial charge in [-0.25, -0.2) is 15.0 Å². The number of ether oxygens (including phenoxy) is 2. The Kier molecular flexibility index (Phi) is 4.11. The molecule has 1 aliphatic rings. The molecule has 0 aromatic carbocycles. The van der Waals surface area contributed by atoms with Crippen LogP contribution < -0.4 is 5.73 Å². The predicted molar refractivity (Wildman–Crippen MR) is 76.9 cm³/mol. The van der Waals surface area contributed by atoms with Crippen molar-refractivity contribution < 1.29 is 24.5 Å². The number of carbonyl (C=O) groups excluding carboxylic acids is 1. The number of nitrogens with two attached hydrogens (primary N) is 1. The number of aromatic nitrogens is 4. The number of hydrogen-bond donors (Lipinski definition) is 3. The van der Waals surface area contributed by atoms with Crippen molar-refractivity contribution in [3.05, 3.63) is 12.7 Å². The molecule has 2 aromatic rings. The van der Waals surface area contributed by atoms with E-state index in [4.69, 9.17) is 15.2 Å². The predicted octanol–water partition coefficient (Wildman–Crippen LogP) is -1.16. The van der Waals surface area contributed by atoms with E-state index in [9.17, 15) is 15.0 Å². The molecule has 0 spiro atoms. The zero-order chi connectivity index (χ0) is 16.6. The number of fused-ring (bicyclic) bond motifs is 1. The number of imidazole rings is 1. The van der Waals surface area contributed by atoms with E-state index in [1.807, 2.05) is 0 Å². The molecule has 0 radical (unpaired) electrons. The first kappa shape index (κ1) is 15.6. The van der Waals surface area contributed by atoms with Gasteiger partial charge < -0.3 is 25.4 Å². The van der Waals surface area contributed by atoms with Gasteiger partial charge >= 0.3 is 5.97 Å². The number of aliphatic hydroxyl groups excluding tert-OH is 2. The molecule has 0 aliphatic carbocycles. The van der Waals surface area contributed by atoms with E-state index < -0.39 is 30.3 Å². The normalized spacial score (nSPS) is 28.0. The van der Waals surface area contributed by atoms with Crippen molar-refractivity contribution in [3.63, 3.8) is 0 Å². The number of nitrogen functional groups attached to an aromatic ring is 1. The van der Waals surface area contributed by atoms with Crippen molar-refractivity contribution in [2.75, 3.05) is 18.9 Å². The largest absolute Gasteiger partial charge is 0.466 e. The Morgan fingerprint density at radius 1 is 1.43 bits per heavy atom. The molecule has 3 unspecified atom stereocenters. The van der Waals surface area contributed by atoms with Crippen molar-refractivity contribution in [2.24, 2.45) is 5.92 Å². The first-order valence-corrected chi connectivity index (χ1v) is 7.12. The first-order chi connectivity index (χ1) is 11.0. The second-order valence-electron chi connectivity index (χ2n) is 5.15. The number of aliphatic hydroxyl groups is 2. The van der Waals surface area contributed by atoms with Crippen molar-refractivity contribution in [1.29, 1.82) is 0 Å². The number of anilines is 1. The summed E-state index contributed by atoms with van der Waals surface area (Å²) >= 11 is 0. The maximum Gasteiger partial charge on any atom is 0.314 e. The summed E-state index contributed by atoms with van der Waals surface area (Å²) in [5.41, 5.74) is 6.45. The van der Waals surface area contributed by atoms with Gasteiger partial charge in [0.05, 0.1) is 25.6 Å². The summed E-state index contributed by atoms with van der Waals surface area (Å²) in [6.07, 6.45) is -0.977. The standard InChI is InChI=1S/C13H17N5O5/c1-2-22-13(21)6-3-23-12(9(20)8(6)19)18-5-17-7-10(14)15-4-16-11(7)18/h4-6,8-9,12,19-20H,2-3H2,1H3,(H2,14,15,16)/t6-,8?,9?,12?/m1/s1. The Morgan fingerprint density at radius 3 is 2.96 bits per heavy atom. The molecule has 0 bridgehead atoms.